The topological polar surface area (TPSA) is 47.3 Å². The molecule has 3 heteroatoms. The molecule has 0 amide bonds. The number of hydrogen-bond donors (Lipinski definition) is 2. The summed E-state index contributed by atoms with van der Waals surface area (Å²) in [5.74, 6) is 1.50. The molecular formula is C15H26N2O. The summed E-state index contributed by atoms with van der Waals surface area (Å²) in [6.45, 7) is 5.12. The lowest BCUT2D eigenvalue weighted by molar-refractivity contribution is 0.388. The van der Waals surface area contributed by atoms with E-state index in [0.717, 1.165) is 25.1 Å². The largest absolute Gasteiger partial charge is 0.496 e. The van der Waals surface area contributed by atoms with Crippen LogP contribution < -0.4 is 15.8 Å². The molecule has 0 heterocycles. The Morgan fingerprint density at radius 2 is 2.11 bits per heavy atom. The van der Waals surface area contributed by atoms with Crippen LogP contribution >= 0.6 is 0 Å². The van der Waals surface area contributed by atoms with Crippen LogP contribution in [0.2, 0.25) is 0 Å². The quantitative estimate of drug-likeness (QED) is 0.781. The molecule has 3 N–H and O–H groups in total. The Kier molecular flexibility index (Phi) is 6.16. The van der Waals surface area contributed by atoms with Crippen LogP contribution in [-0.2, 0) is 6.42 Å². The first-order valence-corrected chi connectivity index (χ1v) is 6.72. The van der Waals surface area contributed by atoms with Gasteiger partial charge in [-0.3, -0.25) is 0 Å². The molecule has 18 heavy (non-hydrogen) atoms. The van der Waals surface area contributed by atoms with E-state index in [-0.39, 0.29) is 0 Å². The molecule has 2 atom stereocenters. The molecule has 0 radical (unpaired) electrons. The van der Waals surface area contributed by atoms with Gasteiger partial charge < -0.3 is 15.8 Å². The van der Waals surface area contributed by atoms with Crippen LogP contribution in [0.3, 0.4) is 0 Å². The van der Waals surface area contributed by atoms with Crippen molar-refractivity contribution in [3.8, 4) is 5.75 Å². The number of nitrogens with two attached hydrogens (primary N) is 1. The second kappa shape index (κ2) is 7.39. The van der Waals surface area contributed by atoms with E-state index >= 15 is 0 Å². The highest BCUT2D eigenvalue weighted by molar-refractivity contribution is 5.38. The Balaban J connectivity index is 2.99. The van der Waals surface area contributed by atoms with Gasteiger partial charge in [0, 0.05) is 6.04 Å². The number of rotatable bonds is 7. The SMILES string of the molecule is CCc1cc(C(NC)C(C)CCN)ccc1OC. The van der Waals surface area contributed by atoms with E-state index in [1.165, 1.54) is 11.1 Å². The Bertz CT molecular complexity index is 366. The number of nitrogens with one attached hydrogen (secondary N) is 1. The first-order valence-electron chi connectivity index (χ1n) is 6.72. The van der Waals surface area contributed by atoms with Gasteiger partial charge in [0.05, 0.1) is 7.11 Å². The Morgan fingerprint density at radius 3 is 2.61 bits per heavy atom. The van der Waals surface area contributed by atoms with E-state index in [2.05, 4.69) is 37.4 Å². The zero-order chi connectivity index (χ0) is 13.5. The molecule has 1 aromatic carbocycles. The van der Waals surface area contributed by atoms with E-state index in [1.54, 1.807) is 7.11 Å². The molecule has 2 unspecified atom stereocenters. The van der Waals surface area contributed by atoms with Crippen molar-refractivity contribution >= 4 is 0 Å². The molecule has 0 aliphatic heterocycles. The second-order valence-electron chi connectivity index (χ2n) is 4.75. The van der Waals surface area contributed by atoms with E-state index < -0.39 is 0 Å². The molecule has 0 bridgehead atoms. The summed E-state index contributed by atoms with van der Waals surface area (Å²) in [4.78, 5) is 0. The molecule has 0 aromatic heterocycles. The van der Waals surface area contributed by atoms with E-state index in [1.807, 2.05) is 7.05 Å². The summed E-state index contributed by atoms with van der Waals surface area (Å²) < 4.78 is 5.37. The maximum Gasteiger partial charge on any atom is 0.122 e. The molecule has 0 saturated heterocycles. The van der Waals surface area contributed by atoms with E-state index in [0.29, 0.717) is 12.0 Å². The number of benzene rings is 1. The van der Waals surface area contributed by atoms with Crippen molar-refractivity contribution in [1.29, 1.82) is 0 Å². The molecule has 3 nitrogen and oxygen atoms in total. The standard InChI is InChI=1S/C15H26N2O/c1-5-12-10-13(6-7-14(12)18-4)15(17-3)11(2)8-9-16/h6-7,10-11,15,17H,5,8-9,16H2,1-4H3. The van der Waals surface area contributed by atoms with Gasteiger partial charge in [-0.1, -0.05) is 26.0 Å². The third-order valence-corrected chi connectivity index (χ3v) is 3.55. The van der Waals surface area contributed by atoms with E-state index in [4.69, 9.17) is 10.5 Å². The fourth-order valence-corrected chi connectivity index (χ4v) is 2.48. The van der Waals surface area contributed by atoms with Crippen LogP contribution in [0.25, 0.3) is 0 Å². The van der Waals surface area contributed by atoms with Gasteiger partial charge in [0.1, 0.15) is 5.75 Å². The van der Waals surface area contributed by atoms with Gasteiger partial charge in [0.2, 0.25) is 0 Å². The number of methoxy groups -OCH3 is 1. The molecule has 0 fully saturated rings. The normalized spacial score (nSPS) is 14.3. The summed E-state index contributed by atoms with van der Waals surface area (Å²) >= 11 is 0. The van der Waals surface area contributed by atoms with Crippen LogP contribution in [0, 0.1) is 5.92 Å². The highest BCUT2D eigenvalue weighted by atomic mass is 16.5. The van der Waals surface area contributed by atoms with Gasteiger partial charge in [-0.2, -0.15) is 0 Å². The Labute approximate surface area is 111 Å². The lowest BCUT2D eigenvalue weighted by Crippen LogP contribution is -2.25. The molecule has 1 aromatic rings. The lowest BCUT2D eigenvalue weighted by Gasteiger charge is -2.24. The minimum Gasteiger partial charge on any atom is -0.496 e. The third kappa shape index (κ3) is 3.47. The molecule has 1 rings (SSSR count). The monoisotopic (exact) mass is 250 g/mol. The summed E-state index contributed by atoms with van der Waals surface area (Å²) in [5.41, 5.74) is 8.23. The van der Waals surface area contributed by atoms with Gasteiger partial charge in [0.15, 0.2) is 0 Å². The number of hydrogen-bond acceptors (Lipinski definition) is 3. The maximum absolute atomic E-state index is 5.65. The minimum absolute atomic E-state index is 0.352. The zero-order valence-corrected chi connectivity index (χ0v) is 12.0. The van der Waals surface area contributed by atoms with Crippen LogP contribution in [-0.4, -0.2) is 20.7 Å². The highest BCUT2D eigenvalue weighted by Crippen LogP contribution is 2.28. The number of ether oxygens (including phenoxy) is 1. The van der Waals surface area contributed by atoms with Crippen molar-refractivity contribution in [3.63, 3.8) is 0 Å². The molecule has 0 aliphatic carbocycles. The predicted octanol–water partition coefficient (Wildman–Crippen LogP) is 2.50. The van der Waals surface area contributed by atoms with Crippen molar-refractivity contribution in [2.75, 3.05) is 20.7 Å². The van der Waals surface area contributed by atoms with E-state index in [9.17, 15) is 0 Å². The summed E-state index contributed by atoms with van der Waals surface area (Å²) in [6.07, 6.45) is 2.01. The van der Waals surface area contributed by atoms with Gasteiger partial charge in [0.25, 0.3) is 0 Å². The van der Waals surface area contributed by atoms with Crippen molar-refractivity contribution in [2.45, 2.75) is 32.7 Å². The lowest BCUT2D eigenvalue weighted by atomic mass is 9.90. The van der Waals surface area contributed by atoms with Crippen LogP contribution in [0.15, 0.2) is 18.2 Å². The van der Waals surface area contributed by atoms with Crippen molar-refractivity contribution in [1.82, 2.24) is 5.32 Å². The average molecular weight is 250 g/mol. The predicted molar refractivity (Wildman–Crippen MR) is 77.0 cm³/mol. The fourth-order valence-electron chi connectivity index (χ4n) is 2.48. The molecule has 0 aliphatic rings. The first-order chi connectivity index (χ1) is 8.67. The first kappa shape index (κ1) is 15.0. The van der Waals surface area contributed by atoms with Crippen LogP contribution in [0.4, 0.5) is 0 Å². The van der Waals surface area contributed by atoms with Crippen molar-refractivity contribution in [2.24, 2.45) is 11.7 Å². The van der Waals surface area contributed by atoms with Gasteiger partial charge in [-0.25, -0.2) is 0 Å². The number of aryl methyl sites for hydroxylation is 1. The van der Waals surface area contributed by atoms with Crippen molar-refractivity contribution in [3.05, 3.63) is 29.3 Å². The average Bonchev–Trinajstić information content (AvgIpc) is 2.39. The van der Waals surface area contributed by atoms with Crippen LogP contribution in [0.1, 0.15) is 37.4 Å². The summed E-state index contributed by atoms with van der Waals surface area (Å²) in [5, 5.41) is 3.40. The van der Waals surface area contributed by atoms with Gasteiger partial charge >= 0.3 is 0 Å². The maximum atomic E-state index is 5.65. The third-order valence-electron chi connectivity index (χ3n) is 3.55. The van der Waals surface area contributed by atoms with Gasteiger partial charge in [-0.15, -0.1) is 0 Å². The zero-order valence-electron chi connectivity index (χ0n) is 12.0. The van der Waals surface area contributed by atoms with Crippen LogP contribution in [0.5, 0.6) is 5.75 Å². The Hall–Kier alpha value is -1.06. The van der Waals surface area contributed by atoms with Gasteiger partial charge in [-0.05, 0) is 49.5 Å². The fraction of sp³-hybridized carbons (Fsp3) is 0.600. The summed E-state index contributed by atoms with van der Waals surface area (Å²) in [6, 6.07) is 6.80. The highest BCUT2D eigenvalue weighted by Gasteiger charge is 2.17. The molecule has 0 saturated carbocycles. The van der Waals surface area contributed by atoms with Crippen molar-refractivity contribution < 1.29 is 4.74 Å². The Morgan fingerprint density at radius 1 is 1.39 bits per heavy atom. The molecule has 0 spiro atoms. The molecular weight excluding hydrogens is 224 g/mol. The minimum atomic E-state index is 0.352. The smallest absolute Gasteiger partial charge is 0.122 e. The second-order valence-corrected chi connectivity index (χ2v) is 4.75. The molecule has 102 valence electrons. The summed E-state index contributed by atoms with van der Waals surface area (Å²) in [7, 11) is 3.73.